The van der Waals surface area contributed by atoms with Crippen LogP contribution in [-0.4, -0.2) is 55.7 Å². The highest BCUT2D eigenvalue weighted by atomic mass is 35.5. The fourth-order valence-electron chi connectivity index (χ4n) is 2.14. The highest BCUT2D eigenvalue weighted by molar-refractivity contribution is 8.01. The summed E-state index contributed by atoms with van der Waals surface area (Å²) in [5.74, 6) is -1.02. The van der Waals surface area contributed by atoms with Gasteiger partial charge in [0.2, 0.25) is 21.1 Å². The molecule has 0 saturated carbocycles. The summed E-state index contributed by atoms with van der Waals surface area (Å²) in [6.07, 6.45) is 0.959. The zero-order valence-corrected chi connectivity index (χ0v) is 19.3. The van der Waals surface area contributed by atoms with Crippen molar-refractivity contribution in [2.45, 2.75) is 17.3 Å². The summed E-state index contributed by atoms with van der Waals surface area (Å²) in [6.45, 7) is 1.40. The SMILES string of the molecule is COC(=O)CSc1nnc(NC(=O)C(C)N(c2cc(Cl)ccc2Cl)S(C)(=O)=O)s1. The number of carbonyl (C=O) groups excluding carboxylic acids is 2. The van der Waals surface area contributed by atoms with Crippen LogP contribution in [0.2, 0.25) is 10.0 Å². The number of esters is 1. The Labute approximate surface area is 185 Å². The van der Waals surface area contributed by atoms with Gasteiger partial charge in [0.25, 0.3) is 0 Å². The summed E-state index contributed by atoms with van der Waals surface area (Å²) in [6, 6.07) is 3.16. The van der Waals surface area contributed by atoms with Crippen LogP contribution in [0.3, 0.4) is 0 Å². The van der Waals surface area contributed by atoms with Gasteiger partial charge in [0, 0.05) is 5.02 Å². The molecule has 1 heterocycles. The van der Waals surface area contributed by atoms with E-state index in [1.807, 2.05) is 0 Å². The van der Waals surface area contributed by atoms with E-state index in [-0.39, 0.29) is 26.6 Å². The monoisotopic (exact) mass is 498 g/mol. The first-order valence-corrected chi connectivity index (χ1v) is 12.2. The van der Waals surface area contributed by atoms with Gasteiger partial charge in [-0.05, 0) is 25.1 Å². The zero-order valence-electron chi connectivity index (χ0n) is 15.4. The topological polar surface area (TPSA) is 119 Å². The van der Waals surface area contributed by atoms with E-state index in [9.17, 15) is 18.0 Å². The number of carbonyl (C=O) groups is 2. The second-order valence-corrected chi connectivity index (χ2v) is 10.5. The van der Waals surface area contributed by atoms with Gasteiger partial charge in [-0.15, -0.1) is 10.2 Å². The van der Waals surface area contributed by atoms with Gasteiger partial charge in [0.05, 0.1) is 29.8 Å². The second kappa shape index (κ2) is 9.94. The molecule has 1 aromatic heterocycles. The van der Waals surface area contributed by atoms with Crippen LogP contribution in [0.25, 0.3) is 0 Å². The van der Waals surface area contributed by atoms with Crippen LogP contribution in [0.1, 0.15) is 6.92 Å². The number of hydrogen-bond donors (Lipinski definition) is 1. The van der Waals surface area contributed by atoms with Crippen molar-refractivity contribution in [1.29, 1.82) is 0 Å². The van der Waals surface area contributed by atoms with Gasteiger partial charge in [-0.1, -0.05) is 46.3 Å². The van der Waals surface area contributed by atoms with Gasteiger partial charge in [-0.2, -0.15) is 0 Å². The van der Waals surface area contributed by atoms with Crippen LogP contribution in [0, 0.1) is 0 Å². The van der Waals surface area contributed by atoms with E-state index >= 15 is 0 Å². The van der Waals surface area contributed by atoms with Crippen molar-refractivity contribution in [3.05, 3.63) is 28.2 Å². The number of nitrogens with one attached hydrogen (secondary N) is 1. The third-order valence-corrected chi connectivity index (χ3v) is 7.14. The highest BCUT2D eigenvalue weighted by Gasteiger charge is 2.31. The molecule has 0 saturated heterocycles. The van der Waals surface area contributed by atoms with Crippen molar-refractivity contribution in [3.63, 3.8) is 0 Å². The Kier molecular flexibility index (Phi) is 8.11. The van der Waals surface area contributed by atoms with E-state index in [0.717, 1.165) is 33.7 Å². The summed E-state index contributed by atoms with van der Waals surface area (Å²) in [5, 5.41) is 10.7. The molecule has 0 bridgehead atoms. The first kappa shape index (κ1) is 23.7. The fraction of sp³-hybridized carbons (Fsp3) is 0.333. The Morgan fingerprint density at radius 2 is 2.03 bits per heavy atom. The van der Waals surface area contributed by atoms with Crippen molar-refractivity contribution in [1.82, 2.24) is 10.2 Å². The van der Waals surface area contributed by atoms with Crippen molar-refractivity contribution in [2.24, 2.45) is 0 Å². The minimum atomic E-state index is -3.87. The average Bonchev–Trinajstić information content (AvgIpc) is 3.08. The Morgan fingerprint density at radius 1 is 1.34 bits per heavy atom. The number of benzene rings is 1. The molecule has 0 radical (unpaired) electrons. The Balaban J connectivity index is 2.19. The van der Waals surface area contributed by atoms with Crippen molar-refractivity contribution in [2.75, 3.05) is 28.7 Å². The van der Waals surface area contributed by atoms with Gasteiger partial charge < -0.3 is 4.74 Å². The molecular formula is C15H16Cl2N4O5S3. The van der Waals surface area contributed by atoms with Gasteiger partial charge in [-0.3, -0.25) is 19.2 Å². The number of anilines is 2. The maximum absolute atomic E-state index is 12.7. The number of halogens is 2. The third-order valence-electron chi connectivity index (χ3n) is 3.41. The number of methoxy groups -OCH3 is 1. The molecule has 29 heavy (non-hydrogen) atoms. The molecule has 0 aliphatic rings. The lowest BCUT2D eigenvalue weighted by Crippen LogP contribution is -2.45. The number of ether oxygens (including phenoxy) is 1. The molecule has 14 heteroatoms. The van der Waals surface area contributed by atoms with E-state index < -0.39 is 27.9 Å². The molecule has 1 unspecified atom stereocenters. The van der Waals surface area contributed by atoms with E-state index in [4.69, 9.17) is 23.2 Å². The van der Waals surface area contributed by atoms with Gasteiger partial charge >= 0.3 is 5.97 Å². The van der Waals surface area contributed by atoms with E-state index in [0.29, 0.717) is 4.34 Å². The van der Waals surface area contributed by atoms with Crippen LogP contribution in [-0.2, 0) is 24.3 Å². The molecule has 1 atom stereocenters. The van der Waals surface area contributed by atoms with E-state index in [1.165, 1.54) is 32.2 Å². The summed E-state index contributed by atoms with van der Waals surface area (Å²) in [7, 11) is -2.59. The third kappa shape index (κ3) is 6.44. The highest BCUT2D eigenvalue weighted by Crippen LogP contribution is 2.32. The lowest BCUT2D eigenvalue weighted by molar-refractivity contribution is -0.137. The molecule has 0 aliphatic heterocycles. The van der Waals surface area contributed by atoms with Gasteiger partial charge in [-0.25, -0.2) is 8.42 Å². The van der Waals surface area contributed by atoms with Crippen molar-refractivity contribution >= 4 is 79.0 Å². The van der Waals surface area contributed by atoms with Crippen LogP contribution < -0.4 is 9.62 Å². The van der Waals surface area contributed by atoms with E-state index in [1.54, 1.807) is 0 Å². The number of amides is 1. The number of nitrogens with zero attached hydrogens (tertiary/aromatic N) is 3. The maximum Gasteiger partial charge on any atom is 0.316 e. The average molecular weight is 499 g/mol. The maximum atomic E-state index is 12.7. The van der Waals surface area contributed by atoms with Gasteiger partial charge in [0.1, 0.15) is 6.04 Å². The van der Waals surface area contributed by atoms with Crippen LogP contribution in [0.4, 0.5) is 10.8 Å². The molecule has 1 aromatic carbocycles. The number of sulfonamides is 1. The molecule has 1 amide bonds. The Hall–Kier alpha value is -1.60. The summed E-state index contributed by atoms with van der Waals surface area (Å²) >= 11 is 14.2. The summed E-state index contributed by atoms with van der Waals surface area (Å²) < 4.78 is 30.6. The molecule has 2 rings (SSSR count). The lowest BCUT2D eigenvalue weighted by atomic mass is 10.2. The Morgan fingerprint density at radius 3 is 2.66 bits per heavy atom. The van der Waals surface area contributed by atoms with Gasteiger partial charge in [0.15, 0.2) is 4.34 Å². The second-order valence-electron chi connectivity index (χ2n) is 5.56. The molecule has 1 N–H and O–H groups in total. The predicted octanol–water partition coefficient (Wildman–Crippen LogP) is 2.90. The van der Waals surface area contributed by atoms with Crippen molar-refractivity contribution < 1.29 is 22.7 Å². The number of hydrogen-bond acceptors (Lipinski definition) is 9. The molecule has 0 fully saturated rings. The molecule has 158 valence electrons. The van der Waals surface area contributed by atoms with Crippen LogP contribution in [0.15, 0.2) is 22.5 Å². The first-order valence-electron chi connectivity index (χ1n) is 7.81. The predicted molar refractivity (Wildman–Crippen MR) is 115 cm³/mol. The lowest BCUT2D eigenvalue weighted by Gasteiger charge is -2.28. The van der Waals surface area contributed by atoms with Crippen LogP contribution >= 0.6 is 46.3 Å². The quantitative estimate of drug-likeness (QED) is 0.335. The number of thioether (sulfide) groups is 1. The van der Waals surface area contributed by atoms with E-state index in [2.05, 4.69) is 20.3 Å². The zero-order chi connectivity index (χ0) is 21.8. The minimum Gasteiger partial charge on any atom is -0.468 e. The smallest absolute Gasteiger partial charge is 0.316 e. The fourth-order valence-corrected chi connectivity index (χ4v) is 5.33. The molecular weight excluding hydrogens is 483 g/mol. The summed E-state index contributed by atoms with van der Waals surface area (Å²) in [5.41, 5.74) is 0.0795. The molecule has 0 spiro atoms. The van der Waals surface area contributed by atoms with Crippen molar-refractivity contribution in [3.8, 4) is 0 Å². The standard InChI is InChI=1S/C15H16Cl2N4O5S3/c1-8(21(29(3,24)25)11-6-9(16)4-5-10(11)17)13(23)18-14-19-20-15(28-14)27-7-12(22)26-2/h4-6,8H,7H2,1-3H3,(H,18,19,23). The number of rotatable bonds is 8. The molecule has 9 nitrogen and oxygen atoms in total. The minimum absolute atomic E-state index is 0.0462. The molecule has 2 aromatic rings. The number of aromatic nitrogens is 2. The molecule has 0 aliphatic carbocycles. The first-order chi connectivity index (χ1) is 13.5. The normalized spacial score (nSPS) is 12.3. The van der Waals surface area contributed by atoms with Crippen LogP contribution in [0.5, 0.6) is 0 Å². The Bertz CT molecular complexity index is 1020. The summed E-state index contributed by atoms with van der Waals surface area (Å²) in [4.78, 5) is 23.8. The largest absolute Gasteiger partial charge is 0.468 e.